The fourth-order valence-electron chi connectivity index (χ4n) is 8.73. The van der Waals surface area contributed by atoms with Gasteiger partial charge in [-0.3, -0.25) is 15.1 Å². The number of rotatable bonds is 4. The zero-order chi connectivity index (χ0) is 34.7. The summed E-state index contributed by atoms with van der Waals surface area (Å²) in [5.74, 6) is -5.19. The summed E-state index contributed by atoms with van der Waals surface area (Å²) in [7, 11) is 0. The predicted octanol–water partition coefficient (Wildman–Crippen LogP) is 7.96. The van der Waals surface area contributed by atoms with Crippen LogP contribution in [0, 0.1) is 50.2 Å². The number of carbonyl (C=O) groups is 1. The molecule has 0 radical (unpaired) electrons. The number of aliphatic hydroxyl groups is 1. The lowest BCUT2D eigenvalue weighted by molar-refractivity contribution is -0.154. The van der Waals surface area contributed by atoms with Gasteiger partial charge in [0.25, 0.3) is 5.91 Å². The maximum atomic E-state index is 15.2. The highest BCUT2D eigenvalue weighted by Gasteiger charge is 2.83. The highest BCUT2D eigenvalue weighted by molar-refractivity contribution is 6.29. The van der Waals surface area contributed by atoms with Gasteiger partial charge in [0.05, 0.1) is 23.9 Å². The number of amidine groups is 1. The van der Waals surface area contributed by atoms with Gasteiger partial charge in [-0.1, -0.05) is 133 Å². The van der Waals surface area contributed by atoms with Crippen molar-refractivity contribution < 1.29 is 9.90 Å². The van der Waals surface area contributed by atoms with Crippen LogP contribution in [-0.4, -0.2) is 22.5 Å². The average Bonchev–Trinajstić information content (AvgIpc) is 3.35. The predicted molar refractivity (Wildman–Crippen MR) is 191 cm³/mol. The molecule has 238 valence electrons. The number of carbonyl (C=O) groups excluding carboxylic acids is 1. The Bertz CT molecular complexity index is 2460. The summed E-state index contributed by atoms with van der Waals surface area (Å²) in [6.07, 6.45) is 0. The first kappa shape index (κ1) is 30.7. The second kappa shape index (κ2) is 11.2. The van der Waals surface area contributed by atoms with Gasteiger partial charge in [-0.05, 0) is 50.4 Å². The molecule has 5 atom stereocenters. The van der Waals surface area contributed by atoms with Crippen LogP contribution in [0.2, 0.25) is 0 Å². The van der Waals surface area contributed by atoms with Gasteiger partial charge in [0.15, 0.2) is 16.4 Å². The van der Waals surface area contributed by atoms with E-state index in [-0.39, 0.29) is 0 Å². The van der Waals surface area contributed by atoms with Crippen molar-refractivity contribution in [2.75, 3.05) is 4.90 Å². The van der Waals surface area contributed by atoms with Gasteiger partial charge in [-0.25, -0.2) is 0 Å². The number of hydrogen-bond donors (Lipinski definition) is 2. The minimum absolute atomic E-state index is 0.297. The van der Waals surface area contributed by atoms with Crippen molar-refractivity contribution in [3.8, 4) is 18.2 Å². The molecule has 1 heterocycles. The zero-order valence-corrected chi connectivity index (χ0v) is 26.7. The number of nitrogens with one attached hydrogen (secondary N) is 1. The Labute approximate surface area is 289 Å². The summed E-state index contributed by atoms with van der Waals surface area (Å²) >= 11 is 0. The molecule has 0 aromatic heterocycles. The minimum atomic E-state index is -2.60. The highest BCUT2D eigenvalue weighted by Crippen LogP contribution is 2.72. The highest BCUT2D eigenvalue weighted by atomic mass is 16.3. The molecule has 7 nitrogen and oxygen atoms in total. The molecule has 1 amide bonds. The molecule has 1 saturated carbocycles. The molecule has 1 saturated heterocycles. The number of nitriles is 3. The Morgan fingerprint density at radius 2 is 1.08 bits per heavy atom. The minimum Gasteiger partial charge on any atom is -0.377 e. The summed E-state index contributed by atoms with van der Waals surface area (Å²) in [6.45, 7) is 0. The van der Waals surface area contributed by atoms with Gasteiger partial charge in [0.2, 0.25) is 0 Å². The van der Waals surface area contributed by atoms with Crippen LogP contribution in [-0.2, 0) is 4.79 Å². The normalized spacial score (nSPS) is 25.4. The zero-order valence-electron chi connectivity index (χ0n) is 26.7. The number of anilines is 1. The SMILES string of the molecule is N#CC1(C#N)[C@@H](c2ccc3ccccc3c2)[C@]2(C#N)C(=N)N(c3ccccc3)C(=O)[C@]2(O)[C@@H](c2ccccc2)[C@@H]1c1ccc2ccccc2c1. The first-order valence-electron chi connectivity index (χ1n) is 16.3. The van der Waals surface area contributed by atoms with Crippen LogP contribution in [0.15, 0.2) is 146 Å². The maximum absolute atomic E-state index is 15.2. The Hall–Kier alpha value is -6.59. The molecule has 0 spiro atoms. The van der Waals surface area contributed by atoms with E-state index in [1.165, 1.54) is 0 Å². The molecular weight excluding hydrogens is 619 g/mol. The third-order valence-corrected chi connectivity index (χ3v) is 10.8. The molecule has 50 heavy (non-hydrogen) atoms. The van der Waals surface area contributed by atoms with Gasteiger partial charge in [-0.15, -0.1) is 0 Å². The Balaban J connectivity index is 1.54. The molecule has 2 aliphatic rings. The van der Waals surface area contributed by atoms with Crippen molar-refractivity contribution in [3.05, 3.63) is 162 Å². The number of fused-ring (bicyclic) bond motifs is 3. The number of nitrogens with zero attached hydrogens (tertiary/aromatic N) is 4. The van der Waals surface area contributed by atoms with Crippen molar-refractivity contribution in [1.29, 1.82) is 21.2 Å². The van der Waals surface area contributed by atoms with Gasteiger partial charge in [0.1, 0.15) is 5.84 Å². The molecule has 1 aliphatic carbocycles. The van der Waals surface area contributed by atoms with E-state index >= 15 is 4.79 Å². The number of benzene rings is 6. The standard InChI is InChI=1S/C43H29N5O2/c44-25-41(26-45)36(33-21-19-28-11-7-9-15-31(28)23-33)37(30-13-3-1-4-14-30)43(50)40(49)48(35-17-5-2-6-18-35)39(47)42(43,27-46)38(41)34-22-20-29-12-8-10-16-32(29)24-34/h1-24,36-38,47,50H/t36-,37-,38+,42+,43+/m0/s1. The summed E-state index contributed by atoms with van der Waals surface area (Å²) in [6, 6.07) is 50.7. The van der Waals surface area contributed by atoms with Crippen LogP contribution in [0.3, 0.4) is 0 Å². The van der Waals surface area contributed by atoms with Crippen molar-refractivity contribution in [3.63, 3.8) is 0 Å². The number of amides is 1. The molecule has 0 bridgehead atoms. The van der Waals surface area contributed by atoms with E-state index in [0.29, 0.717) is 22.4 Å². The van der Waals surface area contributed by atoms with Crippen molar-refractivity contribution in [2.45, 2.75) is 23.4 Å². The molecule has 2 fully saturated rings. The molecule has 1 aliphatic heterocycles. The van der Waals surface area contributed by atoms with Gasteiger partial charge in [-0.2, -0.15) is 15.8 Å². The van der Waals surface area contributed by atoms with E-state index in [1.807, 2.05) is 78.9 Å². The summed E-state index contributed by atoms with van der Waals surface area (Å²) in [5.41, 5.74) is -5.31. The van der Waals surface area contributed by atoms with E-state index in [1.54, 1.807) is 66.7 Å². The van der Waals surface area contributed by atoms with Crippen LogP contribution in [0.4, 0.5) is 5.69 Å². The smallest absolute Gasteiger partial charge is 0.267 e. The molecule has 6 aromatic rings. The Morgan fingerprint density at radius 1 is 0.580 bits per heavy atom. The van der Waals surface area contributed by atoms with Gasteiger partial charge in [0, 0.05) is 17.8 Å². The van der Waals surface area contributed by atoms with E-state index < -0.39 is 45.9 Å². The van der Waals surface area contributed by atoms with Gasteiger partial charge >= 0.3 is 0 Å². The van der Waals surface area contributed by atoms with Crippen LogP contribution in [0.1, 0.15) is 34.4 Å². The number of hydrogen-bond acceptors (Lipinski definition) is 6. The summed E-state index contributed by atoms with van der Waals surface area (Å²) in [5, 5.41) is 61.4. The molecule has 2 N–H and O–H groups in total. The fraction of sp³-hybridized carbons (Fsp3) is 0.140. The van der Waals surface area contributed by atoms with Crippen LogP contribution in [0.25, 0.3) is 21.5 Å². The molecule has 7 heteroatoms. The fourth-order valence-corrected chi connectivity index (χ4v) is 8.73. The van der Waals surface area contributed by atoms with Gasteiger partial charge < -0.3 is 5.11 Å². The van der Waals surface area contributed by atoms with Crippen LogP contribution < -0.4 is 4.90 Å². The largest absolute Gasteiger partial charge is 0.377 e. The average molecular weight is 648 g/mol. The van der Waals surface area contributed by atoms with E-state index in [2.05, 4.69) is 18.2 Å². The lowest BCUT2D eigenvalue weighted by Gasteiger charge is -2.57. The Morgan fingerprint density at radius 3 is 1.64 bits per heavy atom. The first-order chi connectivity index (χ1) is 24.4. The molecule has 0 unspecified atom stereocenters. The summed E-state index contributed by atoms with van der Waals surface area (Å²) in [4.78, 5) is 16.3. The lowest BCUT2D eigenvalue weighted by atomic mass is 9.40. The van der Waals surface area contributed by atoms with E-state index in [4.69, 9.17) is 0 Å². The van der Waals surface area contributed by atoms with Crippen LogP contribution >= 0.6 is 0 Å². The monoisotopic (exact) mass is 647 g/mol. The quantitative estimate of drug-likeness (QED) is 0.200. The maximum Gasteiger partial charge on any atom is 0.267 e. The second-order valence-electron chi connectivity index (χ2n) is 13.1. The third kappa shape index (κ3) is 3.92. The second-order valence-corrected chi connectivity index (χ2v) is 13.1. The lowest BCUT2D eigenvalue weighted by Crippen LogP contribution is -2.67. The molecule has 8 rings (SSSR count). The molecular formula is C43H29N5O2. The molecule has 6 aromatic carbocycles. The van der Waals surface area contributed by atoms with E-state index in [0.717, 1.165) is 26.4 Å². The van der Waals surface area contributed by atoms with Crippen molar-refractivity contribution in [1.82, 2.24) is 0 Å². The first-order valence-corrected chi connectivity index (χ1v) is 16.3. The van der Waals surface area contributed by atoms with Crippen molar-refractivity contribution >= 4 is 39.0 Å². The number of para-hydroxylation sites is 1. The topological polar surface area (TPSA) is 136 Å². The van der Waals surface area contributed by atoms with E-state index in [9.17, 15) is 26.3 Å². The van der Waals surface area contributed by atoms with Crippen molar-refractivity contribution in [2.24, 2.45) is 10.8 Å². The third-order valence-electron chi connectivity index (χ3n) is 10.8. The Kier molecular flexibility index (Phi) is 6.91. The van der Waals surface area contributed by atoms with Crippen LogP contribution in [0.5, 0.6) is 0 Å². The summed E-state index contributed by atoms with van der Waals surface area (Å²) < 4.78 is 0.